The fourth-order valence-corrected chi connectivity index (χ4v) is 2.12. The van der Waals surface area contributed by atoms with E-state index < -0.39 is 0 Å². The van der Waals surface area contributed by atoms with Gasteiger partial charge in [0.1, 0.15) is 5.75 Å². The van der Waals surface area contributed by atoms with Crippen LogP contribution in [0.1, 0.15) is 17.5 Å². The van der Waals surface area contributed by atoms with Gasteiger partial charge in [0, 0.05) is 19.6 Å². The molecule has 1 aromatic rings. The van der Waals surface area contributed by atoms with E-state index in [1.807, 2.05) is 0 Å². The molecule has 1 aromatic carbocycles. The van der Waals surface area contributed by atoms with E-state index in [2.05, 4.69) is 30.1 Å². The summed E-state index contributed by atoms with van der Waals surface area (Å²) in [4.78, 5) is 2.24. The predicted molar refractivity (Wildman–Crippen MR) is 65.6 cm³/mol. The molecule has 1 aliphatic heterocycles. The van der Waals surface area contributed by atoms with Crippen LogP contribution in [0.15, 0.2) is 18.2 Å². The molecule has 0 saturated heterocycles. The summed E-state index contributed by atoms with van der Waals surface area (Å²) in [6, 6.07) is 6.51. The molecule has 0 aromatic heterocycles. The van der Waals surface area contributed by atoms with Gasteiger partial charge in [-0.2, -0.15) is 0 Å². The van der Waals surface area contributed by atoms with Gasteiger partial charge in [0.15, 0.2) is 0 Å². The quantitative estimate of drug-likeness (QED) is 0.833. The van der Waals surface area contributed by atoms with Crippen molar-refractivity contribution in [3.05, 3.63) is 29.3 Å². The molecule has 3 heteroatoms. The average Bonchev–Trinajstić information content (AvgIpc) is 2.29. The summed E-state index contributed by atoms with van der Waals surface area (Å²) in [5.74, 6) is 1.07. The van der Waals surface area contributed by atoms with Gasteiger partial charge in [0.2, 0.25) is 0 Å². The first-order chi connectivity index (χ1) is 7.79. The van der Waals surface area contributed by atoms with E-state index >= 15 is 0 Å². The number of hydrogen-bond donors (Lipinski definition) is 1. The molecule has 0 unspecified atom stereocenters. The lowest BCUT2D eigenvalue weighted by molar-refractivity contribution is 0.287. The molecule has 1 aliphatic rings. The van der Waals surface area contributed by atoms with Crippen LogP contribution in [-0.4, -0.2) is 31.6 Å². The summed E-state index contributed by atoms with van der Waals surface area (Å²) in [7, 11) is 2.10. The van der Waals surface area contributed by atoms with Crippen LogP contribution in [0.2, 0.25) is 0 Å². The highest BCUT2D eigenvalue weighted by Crippen LogP contribution is 2.25. The summed E-state index contributed by atoms with van der Waals surface area (Å²) < 4.78 is 5.60. The summed E-state index contributed by atoms with van der Waals surface area (Å²) >= 11 is 0. The van der Waals surface area contributed by atoms with Crippen LogP contribution in [0.4, 0.5) is 0 Å². The van der Waals surface area contributed by atoms with Crippen molar-refractivity contribution >= 4 is 0 Å². The maximum absolute atomic E-state index is 5.60. The Morgan fingerprint density at radius 2 is 2.31 bits per heavy atom. The van der Waals surface area contributed by atoms with Gasteiger partial charge in [-0.3, -0.25) is 0 Å². The van der Waals surface area contributed by atoms with E-state index in [1.165, 1.54) is 11.1 Å². The first-order valence-electron chi connectivity index (χ1n) is 5.93. The van der Waals surface area contributed by atoms with Crippen molar-refractivity contribution in [2.24, 2.45) is 5.73 Å². The van der Waals surface area contributed by atoms with Crippen molar-refractivity contribution in [1.82, 2.24) is 4.90 Å². The Bertz CT molecular complexity index is 352. The zero-order valence-corrected chi connectivity index (χ0v) is 9.91. The predicted octanol–water partition coefficient (Wildman–Crippen LogP) is 1.40. The molecule has 2 N–H and O–H groups in total. The van der Waals surface area contributed by atoms with Crippen LogP contribution in [0.25, 0.3) is 0 Å². The van der Waals surface area contributed by atoms with Crippen molar-refractivity contribution in [1.29, 1.82) is 0 Å². The third-order valence-corrected chi connectivity index (χ3v) is 2.94. The Morgan fingerprint density at radius 1 is 1.44 bits per heavy atom. The van der Waals surface area contributed by atoms with Gasteiger partial charge in [0.25, 0.3) is 0 Å². The molecular weight excluding hydrogens is 200 g/mol. The van der Waals surface area contributed by atoms with Crippen molar-refractivity contribution in [2.45, 2.75) is 19.4 Å². The summed E-state index contributed by atoms with van der Waals surface area (Å²) in [6.07, 6.45) is 2.28. The molecule has 0 aliphatic carbocycles. The lowest BCUT2D eigenvalue weighted by Gasteiger charge is -2.20. The summed E-state index contributed by atoms with van der Waals surface area (Å²) in [5, 5.41) is 0. The smallest absolute Gasteiger partial charge is 0.122 e. The maximum Gasteiger partial charge on any atom is 0.122 e. The van der Waals surface area contributed by atoms with E-state index in [9.17, 15) is 0 Å². The molecular formula is C13H20N2O. The molecule has 3 nitrogen and oxygen atoms in total. The fourth-order valence-electron chi connectivity index (χ4n) is 2.12. The first-order valence-corrected chi connectivity index (χ1v) is 5.93. The summed E-state index contributed by atoms with van der Waals surface area (Å²) in [5.41, 5.74) is 8.23. The molecule has 0 atom stereocenters. The largest absolute Gasteiger partial charge is 0.493 e. The van der Waals surface area contributed by atoms with E-state index in [0.29, 0.717) is 6.54 Å². The van der Waals surface area contributed by atoms with Crippen LogP contribution in [0.5, 0.6) is 5.75 Å². The Morgan fingerprint density at radius 3 is 3.12 bits per heavy atom. The third kappa shape index (κ3) is 2.74. The van der Waals surface area contributed by atoms with E-state index in [4.69, 9.17) is 10.5 Å². The zero-order valence-electron chi connectivity index (χ0n) is 9.91. The van der Waals surface area contributed by atoms with Gasteiger partial charge in [-0.05, 0) is 37.1 Å². The molecule has 0 spiro atoms. The molecule has 0 amide bonds. The number of aryl methyl sites for hydroxylation is 1. The van der Waals surface area contributed by atoms with E-state index in [-0.39, 0.29) is 0 Å². The Labute approximate surface area is 97.2 Å². The normalized spacial score (nSPS) is 14.7. The second-order valence-corrected chi connectivity index (χ2v) is 4.42. The number of fused-ring (bicyclic) bond motifs is 1. The monoisotopic (exact) mass is 220 g/mol. The number of likely N-dealkylation sites (N-methyl/N-ethyl adjacent to an activating group) is 1. The zero-order chi connectivity index (χ0) is 11.4. The highest BCUT2D eigenvalue weighted by atomic mass is 16.5. The van der Waals surface area contributed by atoms with Crippen molar-refractivity contribution in [3.63, 3.8) is 0 Å². The Hall–Kier alpha value is -1.06. The minimum absolute atomic E-state index is 0.713. The highest BCUT2D eigenvalue weighted by Gasteiger charge is 2.10. The molecule has 0 radical (unpaired) electrons. The van der Waals surface area contributed by atoms with Crippen molar-refractivity contribution < 1.29 is 4.74 Å². The highest BCUT2D eigenvalue weighted by molar-refractivity contribution is 5.38. The standard InChI is InChI=1S/C13H20N2O/c1-15(7-6-14)10-11-4-5-13-12(9-11)3-2-8-16-13/h4-5,9H,2-3,6-8,10,14H2,1H3. The molecule has 88 valence electrons. The number of ether oxygens (including phenoxy) is 1. The SMILES string of the molecule is CN(CCN)Cc1ccc2c(c1)CCCO2. The van der Waals surface area contributed by atoms with Gasteiger partial charge < -0.3 is 15.4 Å². The Kier molecular flexibility index (Phi) is 3.80. The van der Waals surface area contributed by atoms with Gasteiger partial charge in [-0.25, -0.2) is 0 Å². The maximum atomic E-state index is 5.60. The van der Waals surface area contributed by atoms with Crippen LogP contribution < -0.4 is 10.5 Å². The molecule has 16 heavy (non-hydrogen) atoms. The second-order valence-electron chi connectivity index (χ2n) is 4.42. The minimum atomic E-state index is 0.713. The van der Waals surface area contributed by atoms with Gasteiger partial charge in [-0.1, -0.05) is 12.1 Å². The second kappa shape index (κ2) is 5.32. The van der Waals surface area contributed by atoms with Gasteiger partial charge >= 0.3 is 0 Å². The lowest BCUT2D eigenvalue weighted by Crippen LogP contribution is -2.25. The average molecular weight is 220 g/mol. The topological polar surface area (TPSA) is 38.5 Å². The van der Waals surface area contributed by atoms with E-state index in [1.54, 1.807) is 0 Å². The molecule has 0 fully saturated rings. The molecule has 0 bridgehead atoms. The number of nitrogens with zero attached hydrogens (tertiary/aromatic N) is 1. The van der Waals surface area contributed by atoms with Gasteiger partial charge in [-0.15, -0.1) is 0 Å². The fraction of sp³-hybridized carbons (Fsp3) is 0.538. The Balaban J connectivity index is 2.05. The van der Waals surface area contributed by atoms with Crippen LogP contribution >= 0.6 is 0 Å². The number of nitrogens with two attached hydrogens (primary N) is 1. The number of rotatable bonds is 4. The van der Waals surface area contributed by atoms with E-state index in [0.717, 1.165) is 38.3 Å². The minimum Gasteiger partial charge on any atom is -0.493 e. The van der Waals surface area contributed by atoms with Crippen LogP contribution in [0.3, 0.4) is 0 Å². The molecule has 2 rings (SSSR count). The van der Waals surface area contributed by atoms with Gasteiger partial charge in [0.05, 0.1) is 6.61 Å². The lowest BCUT2D eigenvalue weighted by atomic mass is 10.0. The van der Waals surface area contributed by atoms with Crippen molar-refractivity contribution in [3.8, 4) is 5.75 Å². The summed E-state index contributed by atoms with van der Waals surface area (Å²) in [6.45, 7) is 3.47. The molecule has 0 saturated carbocycles. The van der Waals surface area contributed by atoms with Crippen LogP contribution in [-0.2, 0) is 13.0 Å². The van der Waals surface area contributed by atoms with Crippen molar-refractivity contribution in [2.75, 3.05) is 26.7 Å². The molecule has 1 heterocycles. The third-order valence-electron chi connectivity index (χ3n) is 2.94. The number of benzene rings is 1. The number of hydrogen-bond acceptors (Lipinski definition) is 3. The first kappa shape index (κ1) is 11.4. The van der Waals surface area contributed by atoms with Crippen LogP contribution in [0, 0.1) is 0 Å².